The molecule has 4 nitrogen and oxygen atoms in total. The third-order valence-corrected chi connectivity index (χ3v) is 3.86. The van der Waals surface area contributed by atoms with E-state index in [1.807, 2.05) is 13.1 Å². The zero-order chi connectivity index (χ0) is 11.0. The van der Waals surface area contributed by atoms with Crippen molar-refractivity contribution in [2.45, 2.75) is 12.8 Å². The summed E-state index contributed by atoms with van der Waals surface area (Å²) < 4.78 is 0. The van der Waals surface area contributed by atoms with E-state index < -0.39 is 5.91 Å². The first kappa shape index (κ1) is 10.3. The molecule has 0 radical (unpaired) electrons. The number of primary amides is 1. The van der Waals surface area contributed by atoms with Crippen molar-refractivity contribution in [2.75, 3.05) is 24.2 Å². The highest BCUT2D eigenvalue weighted by Gasteiger charge is 2.24. The summed E-state index contributed by atoms with van der Waals surface area (Å²) in [6, 6.07) is 1.83. The molecule has 4 N–H and O–H groups in total. The summed E-state index contributed by atoms with van der Waals surface area (Å²) in [5.41, 5.74) is 11.4. The van der Waals surface area contributed by atoms with Gasteiger partial charge in [0.25, 0.3) is 5.91 Å². The number of rotatable bonds is 4. The molecule has 0 unspecified atom stereocenters. The van der Waals surface area contributed by atoms with Gasteiger partial charge in [-0.1, -0.05) is 0 Å². The molecular weight excluding hydrogens is 210 g/mol. The highest BCUT2D eigenvalue weighted by Crippen LogP contribution is 2.35. The molecule has 0 atom stereocenters. The van der Waals surface area contributed by atoms with Crippen molar-refractivity contribution in [3.63, 3.8) is 0 Å². The van der Waals surface area contributed by atoms with E-state index in [2.05, 4.69) is 4.90 Å². The quantitative estimate of drug-likeness (QED) is 0.810. The second kappa shape index (κ2) is 3.73. The molecule has 1 heterocycles. The van der Waals surface area contributed by atoms with E-state index >= 15 is 0 Å². The van der Waals surface area contributed by atoms with Crippen LogP contribution < -0.4 is 16.4 Å². The summed E-state index contributed by atoms with van der Waals surface area (Å²) in [5.74, 6) is 0.374. The molecule has 1 aromatic heterocycles. The Hall–Kier alpha value is -1.23. The fourth-order valence-corrected chi connectivity index (χ4v) is 2.45. The average Bonchev–Trinajstić information content (AvgIpc) is 2.86. The Labute approximate surface area is 92.9 Å². The maximum absolute atomic E-state index is 11.0. The van der Waals surface area contributed by atoms with E-state index in [0.717, 1.165) is 17.5 Å². The molecule has 1 amide bonds. The molecule has 1 aromatic rings. The zero-order valence-electron chi connectivity index (χ0n) is 8.69. The van der Waals surface area contributed by atoms with Crippen molar-refractivity contribution in [1.82, 2.24) is 0 Å². The maximum Gasteiger partial charge on any atom is 0.260 e. The number of nitrogens with zero attached hydrogens (tertiary/aromatic N) is 1. The number of nitrogen functional groups attached to an aromatic ring is 1. The van der Waals surface area contributed by atoms with E-state index in [1.54, 1.807) is 0 Å². The standard InChI is InChI=1S/C10H15N3OS/c1-13(5-6-2-3-6)8-4-7(11)9(15-8)10(12)14/h4,6H,2-3,5,11H2,1H3,(H2,12,14). The summed E-state index contributed by atoms with van der Waals surface area (Å²) in [6.07, 6.45) is 2.63. The molecule has 1 fully saturated rings. The van der Waals surface area contributed by atoms with Gasteiger partial charge in [-0.05, 0) is 24.8 Å². The molecule has 0 aliphatic heterocycles. The molecule has 2 rings (SSSR count). The highest BCUT2D eigenvalue weighted by atomic mass is 32.1. The summed E-state index contributed by atoms with van der Waals surface area (Å²) in [6.45, 7) is 1.04. The predicted octanol–water partition coefficient (Wildman–Crippen LogP) is 1.28. The number of thiophene rings is 1. The van der Waals surface area contributed by atoms with Crippen LogP contribution in [0.1, 0.15) is 22.5 Å². The average molecular weight is 225 g/mol. The fraction of sp³-hybridized carbons (Fsp3) is 0.500. The van der Waals surface area contributed by atoms with Crippen LogP contribution in [0.5, 0.6) is 0 Å². The number of carbonyl (C=O) groups excluding carboxylic acids is 1. The monoisotopic (exact) mass is 225 g/mol. The Bertz CT molecular complexity index is 384. The van der Waals surface area contributed by atoms with Crippen molar-refractivity contribution >= 4 is 27.9 Å². The first-order chi connectivity index (χ1) is 7.08. The molecule has 1 saturated carbocycles. The molecule has 15 heavy (non-hydrogen) atoms. The molecule has 1 aliphatic rings. The van der Waals surface area contributed by atoms with Gasteiger partial charge in [0.05, 0.1) is 10.7 Å². The molecule has 1 aliphatic carbocycles. The molecule has 0 saturated heterocycles. The Morgan fingerprint density at radius 2 is 2.33 bits per heavy atom. The van der Waals surface area contributed by atoms with E-state index in [-0.39, 0.29) is 0 Å². The number of amides is 1. The minimum Gasteiger partial charge on any atom is -0.397 e. The van der Waals surface area contributed by atoms with Crippen LogP contribution >= 0.6 is 11.3 Å². The third kappa shape index (κ3) is 2.23. The SMILES string of the molecule is CN(CC1CC1)c1cc(N)c(C(N)=O)s1. The van der Waals surface area contributed by atoms with Gasteiger partial charge in [0.2, 0.25) is 0 Å². The van der Waals surface area contributed by atoms with Gasteiger partial charge in [-0.3, -0.25) is 4.79 Å². The maximum atomic E-state index is 11.0. The summed E-state index contributed by atoms with van der Waals surface area (Å²) in [7, 11) is 2.02. The number of nitrogens with two attached hydrogens (primary N) is 2. The predicted molar refractivity (Wildman–Crippen MR) is 63.2 cm³/mol. The number of hydrogen-bond acceptors (Lipinski definition) is 4. The van der Waals surface area contributed by atoms with Gasteiger partial charge in [0, 0.05) is 13.6 Å². The molecule has 82 valence electrons. The van der Waals surface area contributed by atoms with Crippen LogP contribution in [0.15, 0.2) is 6.07 Å². The second-order valence-corrected chi connectivity index (χ2v) is 5.09. The van der Waals surface area contributed by atoms with Crippen molar-refractivity contribution in [3.8, 4) is 0 Å². The van der Waals surface area contributed by atoms with Gasteiger partial charge >= 0.3 is 0 Å². The van der Waals surface area contributed by atoms with Gasteiger partial charge in [-0.25, -0.2) is 0 Å². The van der Waals surface area contributed by atoms with Crippen molar-refractivity contribution in [2.24, 2.45) is 11.7 Å². The largest absolute Gasteiger partial charge is 0.397 e. The first-order valence-electron chi connectivity index (χ1n) is 4.98. The van der Waals surface area contributed by atoms with Crippen LogP contribution in [0, 0.1) is 5.92 Å². The molecule has 5 heteroatoms. The lowest BCUT2D eigenvalue weighted by molar-refractivity contribution is 0.100. The Morgan fingerprint density at radius 1 is 1.67 bits per heavy atom. The van der Waals surface area contributed by atoms with Crippen LogP contribution in [0.2, 0.25) is 0 Å². The Balaban J connectivity index is 2.13. The number of carbonyl (C=O) groups is 1. The Kier molecular flexibility index (Phi) is 2.56. The zero-order valence-corrected chi connectivity index (χ0v) is 9.51. The molecule has 0 aromatic carbocycles. The molecular formula is C10H15N3OS. The van der Waals surface area contributed by atoms with Crippen LogP contribution in [0.25, 0.3) is 0 Å². The summed E-state index contributed by atoms with van der Waals surface area (Å²) in [4.78, 5) is 13.6. The van der Waals surface area contributed by atoms with E-state index in [0.29, 0.717) is 10.6 Å². The van der Waals surface area contributed by atoms with Crippen LogP contribution in [-0.2, 0) is 0 Å². The van der Waals surface area contributed by atoms with Gasteiger partial charge in [-0.15, -0.1) is 11.3 Å². The summed E-state index contributed by atoms with van der Waals surface area (Å²) in [5, 5.41) is 1.02. The lowest BCUT2D eigenvalue weighted by atomic mass is 10.3. The number of hydrogen-bond donors (Lipinski definition) is 2. The second-order valence-electron chi connectivity index (χ2n) is 4.06. The lowest BCUT2D eigenvalue weighted by Crippen LogP contribution is -2.18. The van der Waals surface area contributed by atoms with Crippen LogP contribution in [0.3, 0.4) is 0 Å². The van der Waals surface area contributed by atoms with Gasteiger partial charge in [0.15, 0.2) is 0 Å². The van der Waals surface area contributed by atoms with E-state index in [1.165, 1.54) is 24.2 Å². The van der Waals surface area contributed by atoms with Crippen molar-refractivity contribution in [1.29, 1.82) is 0 Å². The minimum absolute atomic E-state index is 0.441. The van der Waals surface area contributed by atoms with E-state index in [9.17, 15) is 4.79 Å². The van der Waals surface area contributed by atoms with E-state index in [4.69, 9.17) is 11.5 Å². The Morgan fingerprint density at radius 3 is 2.80 bits per heavy atom. The highest BCUT2D eigenvalue weighted by molar-refractivity contribution is 7.18. The first-order valence-corrected chi connectivity index (χ1v) is 5.80. The summed E-state index contributed by atoms with van der Waals surface area (Å²) >= 11 is 1.37. The van der Waals surface area contributed by atoms with Crippen LogP contribution in [0.4, 0.5) is 10.7 Å². The lowest BCUT2D eigenvalue weighted by Gasteiger charge is -2.15. The van der Waals surface area contributed by atoms with Crippen molar-refractivity contribution < 1.29 is 4.79 Å². The fourth-order valence-electron chi connectivity index (χ4n) is 1.55. The van der Waals surface area contributed by atoms with Gasteiger partial charge < -0.3 is 16.4 Å². The number of anilines is 2. The molecule has 0 spiro atoms. The topological polar surface area (TPSA) is 72.3 Å². The minimum atomic E-state index is -0.441. The molecule has 0 bridgehead atoms. The third-order valence-electron chi connectivity index (χ3n) is 2.58. The normalized spacial score (nSPS) is 15.3. The van der Waals surface area contributed by atoms with Crippen LogP contribution in [-0.4, -0.2) is 19.5 Å². The van der Waals surface area contributed by atoms with Crippen molar-refractivity contribution in [3.05, 3.63) is 10.9 Å². The smallest absolute Gasteiger partial charge is 0.260 e. The van der Waals surface area contributed by atoms with Gasteiger partial charge in [0.1, 0.15) is 4.88 Å². The van der Waals surface area contributed by atoms with Gasteiger partial charge in [-0.2, -0.15) is 0 Å².